The molecule has 0 radical (unpaired) electrons. The third-order valence-electron chi connectivity index (χ3n) is 10.3. The lowest BCUT2D eigenvalue weighted by atomic mass is 10.1. The molecule has 1 N–H and O–H groups in total. The lowest BCUT2D eigenvalue weighted by molar-refractivity contribution is -0.0437. The van der Waals surface area contributed by atoms with Gasteiger partial charge in [-0.2, -0.15) is 0 Å². The van der Waals surface area contributed by atoms with E-state index in [1.807, 2.05) is 0 Å². The molecule has 1 atom stereocenters. The third-order valence-corrected chi connectivity index (χ3v) is 10.3. The van der Waals surface area contributed by atoms with Crippen LogP contribution >= 0.6 is 0 Å². The molecule has 0 aromatic rings. The molecule has 0 spiro atoms. The van der Waals surface area contributed by atoms with E-state index in [1.54, 1.807) is 0 Å². The first kappa shape index (κ1) is 49.4. The Balaban J connectivity index is 3.28. The topological polar surface area (TPSA) is 38.7 Å². The fourth-order valence-electron chi connectivity index (χ4n) is 6.83. The molecule has 0 aromatic heterocycles. The van der Waals surface area contributed by atoms with Gasteiger partial charge in [0.15, 0.2) is 0 Å². The molecule has 0 bridgehead atoms. The Hall–Kier alpha value is -0.640. The van der Waals surface area contributed by atoms with E-state index in [-0.39, 0.29) is 12.7 Å². The third kappa shape index (κ3) is 43.5. The maximum Gasteiger partial charge on any atom is 0.104 e. The monoisotopic (exact) mass is 705 g/mol. The van der Waals surface area contributed by atoms with Crippen LogP contribution in [0.5, 0.6) is 0 Å². The van der Waals surface area contributed by atoms with Crippen molar-refractivity contribution in [2.75, 3.05) is 26.4 Å². The van der Waals surface area contributed by atoms with Crippen LogP contribution < -0.4 is 0 Å². The highest BCUT2D eigenvalue weighted by molar-refractivity contribution is 4.82. The summed E-state index contributed by atoms with van der Waals surface area (Å²) >= 11 is 0. The van der Waals surface area contributed by atoms with Crippen LogP contribution in [0.4, 0.5) is 0 Å². The van der Waals surface area contributed by atoms with Gasteiger partial charge in [-0.3, -0.25) is 0 Å². The number of hydrogen-bond donors (Lipinski definition) is 1. The smallest absolute Gasteiger partial charge is 0.104 e. The van der Waals surface area contributed by atoms with E-state index in [0.717, 1.165) is 26.1 Å². The molecule has 0 unspecified atom stereocenters. The van der Waals surface area contributed by atoms with Crippen LogP contribution in [0, 0.1) is 0 Å². The first-order valence-electron chi connectivity index (χ1n) is 22.9. The van der Waals surface area contributed by atoms with E-state index >= 15 is 0 Å². The number of ether oxygens (including phenoxy) is 2. The molecule has 0 saturated heterocycles. The maximum atomic E-state index is 9.65. The quantitative estimate of drug-likeness (QED) is 0.0507. The van der Waals surface area contributed by atoms with Crippen LogP contribution in [-0.2, 0) is 9.47 Å². The Morgan fingerprint density at radius 3 is 0.960 bits per heavy atom. The van der Waals surface area contributed by atoms with Crippen molar-refractivity contribution in [3.05, 3.63) is 24.3 Å². The predicted octanol–water partition coefficient (Wildman–Crippen LogP) is 15.6. The van der Waals surface area contributed by atoms with Gasteiger partial charge in [-0.25, -0.2) is 0 Å². The SMILES string of the molecule is CCCCCCCCC=CCCCCCCCCCCCCOC[C@H](CO)OCCCCCCCCCCCCC=CCCCCCCCC. The van der Waals surface area contributed by atoms with Gasteiger partial charge in [0.05, 0.1) is 13.2 Å². The molecule has 0 amide bonds. The van der Waals surface area contributed by atoms with Crippen molar-refractivity contribution < 1.29 is 14.6 Å². The average molecular weight is 705 g/mol. The fourth-order valence-corrected chi connectivity index (χ4v) is 6.83. The van der Waals surface area contributed by atoms with E-state index < -0.39 is 0 Å². The Morgan fingerprint density at radius 2 is 0.640 bits per heavy atom. The van der Waals surface area contributed by atoms with Gasteiger partial charge in [-0.1, -0.05) is 205 Å². The molecule has 0 aliphatic rings. The van der Waals surface area contributed by atoms with E-state index in [2.05, 4.69) is 38.2 Å². The molecule has 0 aliphatic carbocycles. The zero-order valence-electron chi connectivity index (χ0n) is 34.4. The Morgan fingerprint density at radius 1 is 0.360 bits per heavy atom. The van der Waals surface area contributed by atoms with Gasteiger partial charge in [-0.15, -0.1) is 0 Å². The van der Waals surface area contributed by atoms with E-state index in [9.17, 15) is 5.11 Å². The van der Waals surface area contributed by atoms with Crippen LogP contribution in [0.25, 0.3) is 0 Å². The molecule has 3 nitrogen and oxygen atoms in total. The highest BCUT2D eigenvalue weighted by Crippen LogP contribution is 2.14. The number of aliphatic hydroxyl groups excluding tert-OH is 1. The summed E-state index contributed by atoms with van der Waals surface area (Å²) in [7, 11) is 0. The van der Waals surface area contributed by atoms with Crippen molar-refractivity contribution in [3.8, 4) is 0 Å². The molecule has 0 heterocycles. The number of allylic oxidation sites excluding steroid dienone is 4. The summed E-state index contributed by atoms with van der Waals surface area (Å²) in [5.74, 6) is 0. The van der Waals surface area contributed by atoms with E-state index in [4.69, 9.17) is 9.47 Å². The van der Waals surface area contributed by atoms with E-state index in [0.29, 0.717) is 6.61 Å². The van der Waals surface area contributed by atoms with Crippen molar-refractivity contribution in [2.45, 2.75) is 251 Å². The van der Waals surface area contributed by atoms with Gasteiger partial charge in [0.25, 0.3) is 0 Å². The van der Waals surface area contributed by atoms with Gasteiger partial charge in [0.1, 0.15) is 6.10 Å². The molecule has 0 saturated carbocycles. The van der Waals surface area contributed by atoms with Crippen molar-refractivity contribution in [1.82, 2.24) is 0 Å². The second kappa shape index (κ2) is 46.4. The van der Waals surface area contributed by atoms with Crippen LogP contribution in [-0.4, -0.2) is 37.6 Å². The molecule has 298 valence electrons. The summed E-state index contributed by atoms with van der Waals surface area (Å²) in [5, 5.41) is 9.65. The molecule has 0 rings (SSSR count). The first-order valence-corrected chi connectivity index (χ1v) is 22.9. The average Bonchev–Trinajstić information content (AvgIpc) is 3.13. The second-order valence-electron chi connectivity index (χ2n) is 15.5. The Bertz CT molecular complexity index is 644. The summed E-state index contributed by atoms with van der Waals surface area (Å²) < 4.78 is 11.7. The Labute approximate surface area is 315 Å². The largest absolute Gasteiger partial charge is 0.394 e. The lowest BCUT2D eigenvalue weighted by Gasteiger charge is -2.15. The molecule has 50 heavy (non-hydrogen) atoms. The second-order valence-corrected chi connectivity index (χ2v) is 15.5. The minimum atomic E-state index is -0.160. The summed E-state index contributed by atoms with van der Waals surface area (Å²) in [5.41, 5.74) is 0. The Kier molecular flexibility index (Phi) is 45.8. The van der Waals surface area contributed by atoms with E-state index in [1.165, 1.54) is 218 Å². The molecule has 0 fully saturated rings. The number of unbranched alkanes of at least 4 members (excludes halogenated alkanes) is 32. The lowest BCUT2D eigenvalue weighted by Crippen LogP contribution is -2.24. The standard InChI is InChI=1S/C47H92O3/c1-3-5-7-9-11-13-15-17-19-21-23-25-27-29-31-33-35-37-39-41-43-49-46-47(45-48)50-44-42-40-38-36-34-32-30-28-26-24-22-20-18-16-14-12-10-8-6-4-2/h17-20,47-48H,3-16,21-46H2,1-2H3/t47-/m0/s1. The molecule has 0 aliphatic heterocycles. The highest BCUT2D eigenvalue weighted by atomic mass is 16.5. The van der Waals surface area contributed by atoms with Crippen molar-refractivity contribution >= 4 is 0 Å². The zero-order chi connectivity index (χ0) is 36.1. The fraction of sp³-hybridized carbons (Fsp3) is 0.915. The van der Waals surface area contributed by atoms with Gasteiger partial charge in [0.2, 0.25) is 0 Å². The molecular formula is C47H92O3. The molecular weight excluding hydrogens is 613 g/mol. The summed E-state index contributed by atoms with van der Waals surface area (Å²) in [6.45, 7) is 6.71. The molecule has 0 aromatic carbocycles. The van der Waals surface area contributed by atoms with Crippen LogP contribution in [0.2, 0.25) is 0 Å². The van der Waals surface area contributed by atoms with Gasteiger partial charge in [0, 0.05) is 13.2 Å². The summed E-state index contributed by atoms with van der Waals surface area (Å²) in [4.78, 5) is 0. The van der Waals surface area contributed by atoms with Crippen molar-refractivity contribution in [2.24, 2.45) is 0 Å². The summed E-state index contributed by atoms with van der Waals surface area (Å²) in [6, 6.07) is 0. The minimum Gasteiger partial charge on any atom is -0.394 e. The van der Waals surface area contributed by atoms with Gasteiger partial charge >= 0.3 is 0 Å². The number of aliphatic hydroxyl groups is 1. The van der Waals surface area contributed by atoms with Crippen LogP contribution in [0.3, 0.4) is 0 Å². The number of hydrogen-bond acceptors (Lipinski definition) is 3. The maximum absolute atomic E-state index is 9.65. The first-order chi connectivity index (χ1) is 24.8. The van der Waals surface area contributed by atoms with Crippen molar-refractivity contribution in [3.63, 3.8) is 0 Å². The highest BCUT2D eigenvalue weighted by Gasteiger charge is 2.07. The van der Waals surface area contributed by atoms with Crippen molar-refractivity contribution in [1.29, 1.82) is 0 Å². The molecule has 3 heteroatoms. The van der Waals surface area contributed by atoms with Gasteiger partial charge in [-0.05, 0) is 64.2 Å². The number of rotatable bonds is 44. The summed E-state index contributed by atoms with van der Waals surface area (Å²) in [6.07, 6.45) is 58.3. The normalized spacial score (nSPS) is 12.6. The minimum absolute atomic E-state index is 0.0609. The zero-order valence-corrected chi connectivity index (χ0v) is 34.4. The van der Waals surface area contributed by atoms with Crippen LogP contribution in [0.15, 0.2) is 24.3 Å². The predicted molar refractivity (Wildman–Crippen MR) is 223 cm³/mol. The van der Waals surface area contributed by atoms with Crippen LogP contribution in [0.1, 0.15) is 245 Å². The van der Waals surface area contributed by atoms with Gasteiger partial charge < -0.3 is 14.6 Å².